The van der Waals surface area contributed by atoms with Crippen molar-refractivity contribution in [3.63, 3.8) is 0 Å². The van der Waals surface area contributed by atoms with E-state index >= 15 is 0 Å². The molecule has 1 saturated heterocycles. The molecule has 7 heteroatoms. The fraction of sp³-hybridized carbons (Fsp3) is 0.538. The summed E-state index contributed by atoms with van der Waals surface area (Å²) in [7, 11) is 0. The maximum atomic E-state index is 13.6. The molecular formula is C13H16F2N2O3. The van der Waals surface area contributed by atoms with Gasteiger partial charge in [0.15, 0.2) is 0 Å². The van der Waals surface area contributed by atoms with Gasteiger partial charge in [0.05, 0.1) is 10.5 Å². The van der Waals surface area contributed by atoms with Crippen LogP contribution in [0.25, 0.3) is 0 Å². The predicted octanol–water partition coefficient (Wildman–Crippen LogP) is 2.61. The average molecular weight is 286 g/mol. The summed E-state index contributed by atoms with van der Waals surface area (Å²) >= 11 is 0. The minimum Gasteiger partial charge on any atom is -0.390 e. The second-order valence-electron chi connectivity index (χ2n) is 5.35. The van der Waals surface area contributed by atoms with Crippen LogP contribution in [-0.4, -0.2) is 28.7 Å². The van der Waals surface area contributed by atoms with Gasteiger partial charge in [-0.3, -0.25) is 10.1 Å². The molecule has 5 nitrogen and oxygen atoms in total. The van der Waals surface area contributed by atoms with Gasteiger partial charge in [-0.15, -0.1) is 0 Å². The van der Waals surface area contributed by atoms with Crippen LogP contribution in [0.4, 0.5) is 20.2 Å². The molecule has 1 heterocycles. The fourth-order valence-electron chi connectivity index (χ4n) is 2.48. The molecule has 1 aliphatic rings. The van der Waals surface area contributed by atoms with E-state index in [2.05, 4.69) is 0 Å². The van der Waals surface area contributed by atoms with Gasteiger partial charge in [-0.05, 0) is 26.2 Å². The first-order valence-corrected chi connectivity index (χ1v) is 6.41. The van der Waals surface area contributed by atoms with Gasteiger partial charge >= 0.3 is 5.69 Å². The van der Waals surface area contributed by atoms with Crippen molar-refractivity contribution in [2.45, 2.75) is 31.8 Å². The van der Waals surface area contributed by atoms with Gasteiger partial charge in [0.25, 0.3) is 0 Å². The number of halogens is 2. The van der Waals surface area contributed by atoms with E-state index in [-0.39, 0.29) is 5.69 Å². The van der Waals surface area contributed by atoms with Crippen LogP contribution in [0, 0.1) is 21.7 Å². The van der Waals surface area contributed by atoms with Crippen LogP contribution in [0.5, 0.6) is 0 Å². The Bertz CT molecular complexity index is 535. The van der Waals surface area contributed by atoms with Crippen molar-refractivity contribution in [2.24, 2.45) is 0 Å². The molecule has 110 valence electrons. The maximum absolute atomic E-state index is 13.6. The van der Waals surface area contributed by atoms with E-state index in [9.17, 15) is 24.0 Å². The van der Waals surface area contributed by atoms with E-state index < -0.39 is 27.8 Å². The van der Waals surface area contributed by atoms with Crippen molar-refractivity contribution in [2.75, 3.05) is 18.0 Å². The van der Waals surface area contributed by atoms with Gasteiger partial charge in [-0.25, -0.2) is 4.39 Å². The molecule has 0 bridgehead atoms. The summed E-state index contributed by atoms with van der Waals surface area (Å²) in [6, 6.07) is 1.48. The molecule has 1 atom stereocenters. The van der Waals surface area contributed by atoms with Crippen LogP contribution in [0.15, 0.2) is 12.1 Å². The van der Waals surface area contributed by atoms with Crippen molar-refractivity contribution in [3.05, 3.63) is 33.9 Å². The number of aliphatic hydroxyl groups is 1. The zero-order chi connectivity index (χ0) is 14.9. The summed E-state index contributed by atoms with van der Waals surface area (Å²) in [6.45, 7) is 2.42. The van der Waals surface area contributed by atoms with Crippen LogP contribution in [-0.2, 0) is 0 Å². The van der Waals surface area contributed by atoms with Crippen molar-refractivity contribution < 1.29 is 18.8 Å². The molecule has 1 N–H and O–H groups in total. The molecular weight excluding hydrogens is 270 g/mol. The van der Waals surface area contributed by atoms with Gasteiger partial charge in [0.2, 0.25) is 5.82 Å². The number of nitro benzene ring substituents is 1. The molecule has 0 aromatic heterocycles. The van der Waals surface area contributed by atoms with Crippen LogP contribution < -0.4 is 4.90 Å². The highest BCUT2D eigenvalue weighted by Crippen LogP contribution is 2.34. The lowest BCUT2D eigenvalue weighted by Crippen LogP contribution is -2.29. The van der Waals surface area contributed by atoms with E-state index in [0.717, 1.165) is 6.07 Å². The largest absolute Gasteiger partial charge is 0.390 e. The lowest BCUT2D eigenvalue weighted by molar-refractivity contribution is -0.386. The molecule has 1 aliphatic heterocycles. The third-order valence-corrected chi connectivity index (χ3v) is 3.60. The number of anilines is 1. The van der Waals surface area contributed by atoms with Gasteiger partial charge in [-0.2, -0.15) is 4.39 Å². The summed E-state index contributed by atoms with van der Waals surface area (Å²) in [4.78, 5) is 11.7. The molecule has 0 amide bonds. The number of nitro groups is 1. The average Bonchev–Trinajstić information content (AvgIpc) is 2.48. The second kappa shape index (κ2) is 5.32. The fourth-order valence-corrected chi connectivity index (χ4v) is 2.48. The molecule has 2 rings (SSSR count). The smallest absolute Gasteiger partial charge is 0.328 e. The minimum atomic E-state index is -1.18. The Morgan fingerprint density at radius 1 is 1.35 bits per heavy atom. The van der Waals surface area contributed by atoms with Crippen molar-refractivity contribution in [3.8, 4) is 0 Å². The molecule has 1 fully saturated rings. The molecule has 0 spiro atoms. The standard InChI is InChI=1S/C13H16F2N2O3/c1-13(18)3-2-5-16(6-4-13)11-8-9(14)7-10(15)12(11)17(19)20/h7-8,18H,2-6H2,1H3. The van der Waals surface area contributed by atoms with Crippen LogP contribution >= 0.6 is 0 Å². The Morgan fingerprint density at radius 3 is 2.70 bits per heavy atom. The molecule has 0 aliphatic carbocycles. The first-order valence-electron chi connectivity index (χ1n) is 6.41. The first kappa shape index (κ1) is 14.6. The predicted molar refractivity (Wildman–Crippen MR) is 69.7 cm³/mol. The zero-order valence-corrected chi connectivity index (χ0v) is 11.1. The third kappa shape index (κ3) is 3.04. The van der Waals surface area contributed by atoms with E-state index in [1.165, 1.54) is 0 Å². The highest BCUT2D eigenvalue weighted by atomic mass is 19.1. The lowest BCUT2D eigenvalue weighted by Gasteiger charge is -2.24. The monoisotopic (exact) mass is 286 g/mol. The van der Waals surface area contributed by atoms with E-state index in [1.807, 2.05) is 0 Å². The molecule has 1 unspecified atom stereocenters. The highest BCUT2D eigenvalue weighted by Gasteiger charge is 2.30. The van der Waals surface area contributed by atoms with Crippen LogP contribution in [0.2, 0.25) is 0 Å². The summed E-state index contributed by atoms with van der Waals surface area (Å²) in [5, 5.41) is 21.0. The number of hydrogen-bond acceptors (Lipinski definition) is 4. The highest BCUT2D eigenvalue weighted by molar-refractivity contribution is 5.64. The molecule has 1 aromatic rings. The summed E-state index contributed by atoms with van der Waals surface area (Å²) in [6.07, 6.45) is 1.54. The normalized spacial score (nSPS) is 23.5. The summed E-state index contributed by atoms with van der Waals surface area (Å²) < 4.78 is 27.0. The molecule has 20 heavy (non-hydrogen) atoms. The van der Waals surface area contributed by atoms with Crippen molar-refractivity contribution in [1.82, 2.24) is 0 Å². The Hall–Kier alpha value is -1.76. The molecule has 1 aromatic carbocycles. The van der Waals surface area contributed by atoms with Gasteiger partial charge in [-0.1, -0.05) is 0 Å². The lowest BCUT2D eigenvalue weighted by atomic mass is 9.98. The Morgan fingerprint density at radius 2 is 2.05 bits per heavy atom. The quantitative estimate of drug-likeness (QED) is 0.670. The number of hydrogen-bond donors (Lipinski definition) is 1. The first-order chi connectivity index (χ1) is 9.30. The maximum Gasteiger partial charge on any atom is 0.328 e. The Kier molecular flexibility index (Phi) is 3.89. The van der Waals surface area contributed by atoms with E-state index in [1.54, 1.807) is 11.8 Å². The van der Waals surface area contributed by atoms with Crippen molar-refractivity contribution >= 4 is 11.4 Å². The Balaban J connectivity index is 2.39. The van der Waals surface area contributed by atoms with Crippen LogP contribution in [0.1, 0.15) is 26.2 Å². The molecule has 0 saturated carbocycles. The third-order valence-electron chi connectivity index (χ3n) is 3.60. The number of rotatable bonds is 2. The summed E-state index contributed by atoms with van der Waals surface area (Å²) in [5.41, 5.74) is -1.63. The molecule has 0 radical (unpaired) electrons. The number of nitrogens with zero attached hydrogens (tertiary/aromatic N) is 2. The Labute approximate surface area is 115 Å². The SMILES string of the molecule is CC1(O)CCCN(c2cc(F)cc(F)c2[N+](=O)[O-])CC1. The zero-order valence-electron chi connectivity index (χ0n) is 11.1. The van der Waals surface area contributed by atoms with Gasteiger partial charge in [0, 0.05) is 25.2 Å². The van der Waals surface area contributed by atoms with E-state index in [0.29, 0.717) is 38.4 Å². The van der Waals surface area contributed by atoms with Crippen molar-refractivity contribution in [1.29, 1.82) is 0 Å². The topological polar surface area (TPSA) is 66.6 Å². The minimum absolute atomic E-state index is 0.0646. The number of benzene rings is 1. The second-order valence-corrected chi connectivity index (χ2v) is 5.35. The van der Waals surface area contributed by atoms with Gasteiger partial charge < -0.3 is 10.0 Å². The van der Waals surface area contributed by atoms with Crippen LogP contribution in [0.3, 0.4) is 0 Å². The van der Waals surface area contributed by atoms with Gasteiger partial charge in [0.1, 0.15) is 11.5 Å². The summed E-state index contributed by atoms with van der Waals surface area (Å²) in [5.74, 6) is -2.03. The van der Waals surface area contributed by atoms with E-state index in [4.69, 9.17) is 0 Å².